The van der Waals surface area contributed by atoms with E-state index in [1.54, 1.807) is 24.9 Å². The standard InChI is InChI=1S/C11H14ClF3N2OS/c1-7(10(18)16-6-11(13,14)15)17(2)5-8-3-4-9(12)19-8/h3-4,7H,5-6H2,1-2H3,(H,16,18). The van der Waals surface area contributed by atoms with Crippen molar-refractivity contribution in [1.82, 2.24) is 10.2 Å². The molecular formula is C11H14ClF3N2OS. The van der Waals surface area contributed by atoms with Crippen LogP contribution in [0.4, 0.5) is 13.2 Å². The topological polar surface area (TPSA) is 32.3 Å². The van der Waals surface area contributed by atoms with Gasteiger partial charge in [-0.3, -0.25) is 9.69 Å². The molecule has 8 heteroatoms. The molecule has 1 aromatic rings. The van der Waals surface area contributed by atoms with Gasteiger partial charge in [0, 0.05) is 11.4 Å². The predicted octanol–water partition coefficient (Wildman–Crippen LogP) is 2.90. The molecule has 0 saturated carbocycles. The Kier molecular flexibility index (Phi) is 5.64. The number of amides is 1. The first-order chi connectivity index (χ1) is 8.69. The average molecular weight is 315 g/mol. The van der Waals surface area contributed by atoms with Crippen LogP contribution >= 0.6 is 22.9 Å². The summed E-state index contributed by atoms with van der Waals surface area (Å²) in [7, 11) is 1.67. The third-order valence-corrected chi connectivity index (χ3v) is 3.75. The second-order valence-corrected chi connectivity index (χ2v) is 5.93. The van der Waals surface area contributed by atoms with Crippen LogP contribution < -0.4 is 5.32 Å². The third-order valence-electron chi connectivity index (χ3n) is 2.54. The van der Waals surface area contributed by atoms with Gasteiger partial charge in [0.2, 0.25) is 5.91 Å². The zero-order valence-electron chi connectivity index (χ0n) is 10.4. The predicted molar refractivity (Wildman–Crippen MR) is 69.3 cm³/mol. The second kappa shape index (κ2) is 6.58. The van der Waals surface area contributed by atoms with E-state index in [0.717, 1.165) is 4.88 Å². The largest absolute Gasteiger partial charge is 0.405 e. The lowest BCUT2D eigenvalue weighted by Crippen LogP contribution is -2.45. The van der Waals surface area contributed by atoms with E-state index < -0.39 is 24.7 Å². The Morgan fingerprint density at radius 3 is 2.63 bits per heavy atom. The summed E-state index contributed by atoms with van der Waals surface area (Å²) >= 11 is 7.16. The molecule has 1 rings (SSSR count). The van der Waals surface area contributed by atoms with Gasteiger partial charge < -0.3 is 5.32 Å². The Hall–Kier alpha value is -0.790. The first-order valence-electron chi connectivity index (χ1n) is 5.48. The number of halogens is 4. The molecule has 1 amide bonds. The van der Waals surface area contributed by atoms with Crippen molar-refractivity contribution >= 4 is 28.8 Å². The van der Waals surface area contributed by atoms with E-state index in [0.29, 0.717) is 10.9 Å². The maximum Gasteiger partial charge on any atom is 0.405 e. The van der Waals surface area contributed by atoms with E-state index in [9.17, 15) is 18.0 Å². The number of carbonyl (C=O) groups is 1. The molecule has 0 aliphatic rings. The lowest BCUT2D eigenvalue weighted by Gasteiger charge is -2.23. The first kappa shape index (κ1) is 16.3. The molecule has 1 unspecified atom stereocenters. The van der Waals surface area contributed by atoms with Gasteiger partial charge in [-0.25, -0.2) is 0 Å². The Morgan fingerprint density at radius 1 is 1.53 bits per heavy atom. The molecule has 1 heterocycles. The van der Waals surface area contributed by atoms with Gasteiger partial charge in [-0.2, -0.15) is 13.2 Å². The molecule has 19 heavy (non-hydrogen) atoms. The Morgan fingerprint density at radius 2 is 2.16 bits per heavy atom. The number of nitrogens with zero attached hydrogens (tertiary/aromatic N) is 1. The van der Waals surface area contributed by atoms with E-state index in [-0.39, 0.29) is 0 Å². The molecule has 108 valence electrons. The maximum absolute atomic E-state index is 12.0. The van der Waals surface area contributed by atoms with Crippen LogP contribution in [0.5, 0.6) is 0 Å². The molecule has 0 spiro atoms. The average Bonchev–Trinajstić information content (AvgIpc) is 2.69. The van der Waals surface area contributed by atoms with E-state index in [1.807, 2.05) is 11.4 Å². The van der Waals surface area contributed by atoms with Crippen molar-refractivity contribution in [2.75, 3.05) is 13.6 Å². The van der Waals surface area contributed by atoms with E-state index in [4.69, 9.17) is 11.6 Å². The van der Waals surface area contributed by atoms with Gasteiger partial charge in [-0.15, -0.1) is 11.3 Å². The van der Waals surface area contributed by atoms with Gasteiger partial charge in [0.1, 0.15) is 6.54 Å². The molecule has 0 aliphatic carbocycles. The number of hydrogen-bond donors (Lipinski definition) is 1. The van der Waals surface area contributed by atoms with Crippen molar-refractivity contribution in [3.63, 3.8) is 0 Å². The summed E-state index contributed by atoms with van der Waals surface area (Å²) in [6.07, 6.45) is -4.39. The number of rotatable bonds is 5. The summed E-state index contributed by atoms with van der Waals surface area (Å²) in [6, 6.07) is 2.91. The van der Waals surface area contributed by atoms with Crippen molar-refractivity contribution in [2.24, 2.45) is 0 Å². The van der Waals surface area contributed by atoms with Crippen molar-refractivity contribution in [3.05, 3.63) is 21.3 Å². The van der Waals surface area contributed by atoms with Crippen LogP contribution in [-0.2, 0) is 11.3 Å². The summed E-state index contributed by atoms with van der Waals surface area (Å²) < 4.78 is 36.6. The van der Waals surface area contributed by atoms with Crippen LogP contribution in [0, 0.1) is 0 Å². The summed E-state index contributed by atoms with van der Waals surface area (Å²) in [5.74, 6) is -0.650. The molecule has 1 atom stereocenters. The molecule has 1 aromatic heterocycles. The van der Waals surface area contributed by atoms with E-state index >= 15 is 0 Å². The quantitative estimate of drug-likeness (QED) is 0.906. The number of carbonyl (C=O) groups excluding carboxylic acids is 1. The lowest BCUT2D eigenvalue weighted by atomic mass is 10.2. The molecule has 0 saturated heterocycles. The highest BCUT2D eigenvalue weighted by molar-refractivity contribution is 7.16. The minimum atomic E-state index is -4.39. The van der Waals surface area contributed by atoms with Gasteiger partial charge in [-0.1, -0.05) is 11.6 Å². The summed E-state index contributed by atoms with van der Waals surface area (Å²) in [5.41, 5.74) is 0. The van der Waals surface area contributed by atoms with Crippen LogP contribution in [0.15, 0.2) is 12.1 Å². The molecule has 0 bridgehead atoms. The van der Waals surface area contributed by atoms with Crippen LogP contribution in [0.2, 0.25) is 4.34 Å². The first-order valence-corrected chi connectivity index (χ1v) is 6.67. The number of thiophene rings is 1. The fourth-order valence-corrected chi connectivity index (χ4v) is 2.51. The lowest BCUT2D eigenvalue weighted by molar-refractivity contribution is -0.141. The van der Waals surface area contributed by atoms with E-state index in [2.05, 4.69) is 0 Å². The van der Waals surface area contributed by atoms with Crippen LogP contribution in [0.25, 0.3) is 0 Å². The van der Waals surface area contributed by atoms with Gasteiger partial charge in [-0.05, 0) is 26.1 Å². The van der Waals surface area contributed by atoms with Crippen molar-refractivity contribution < 1.29 is 18.0 Å². The monoisotopic (exact) mass is 314 g/mol. The van der Waals surface area contributed by atoms with Crippen LogP contribution in [0.3, 0.4) is 0 Å². The minimum Gasteiger partial charge on any atom is -0.346 e. The summed E-state index contributed by atoms with van der Waals surface area (Å²) in [4.78, 5) is 14.2. The Bertz CT molecular complexity index is 436. The van der Waals surface area contributed by atoms with Gasteiger partial charge >= 0.3 is 6.18 Å². The molecule has 0 fully saturated rings. The highest BCUT2D eigenvalue weighted by Crippen LogP contribution is 2.22. The highest BCUT2D eigenvalue weighted by Gasteiger charge is 2.29. The molecular weight excluding hydrogens is 301 g/mol. The summed E-state index contributed by atoms with van der Waals surface area (Å²) in [5, 5.41) is 1.87. The van der Waals surface area contributed by atoms with Crippen molar-refractivity contribution in [3.8, 4) is 0 Å². The van der Waals surface area contributed by atoms with Gasteiger partial charge in [0.25, 0.3) is 0 Å². The summed E-state index contributed by atoms with van der Waals surface area (Å²) in [6.45, 7) is 0.702. The van der Waals surface area contributed by atoms with Crippen LogP contribution in [0.1, 0.15) is 11.8 Å². The smallest absolute Gasteiger partial charge is 0.346 e. The zero-order valence-corrected chi connectivity index (χ0v) is 12.0. The second-order valence-electron chi connectivity index (χ2n) is 4.13. The molecule has 0 aromatic carbocycles. The number of nitrogens with one attached hydrogen (secondary N) is 1. The fourth-order valence-electron chi connectivity index (χ4n) is 1.35. The number of hydrogen-bond acceptors (Lipinski definition) is 3. The fraction of sp³-hybridized carbons (Fsp3) is 0.545. The zero-order chi connectivity index (χ0) is 14.6. The van der Waals surface area contributed by atoms with Gasteiger partial charge in [0.15, 0.2) is 0 Å². The Balaban J connectivity index is 2.47. The van der Waals surface area contributed by atoms with Crippen LogP contribution in [-0.4, -0.2) is 36.6 Å². The number of alkyl halides is 3. The van der Waals surface area contributed by atoms with Crippen molar-refractivity contribution in [2.45, 2.75) is 25.7 Å². The normalized spacial score (nSPS) is 13.6. The SMILES string of the molecule is CC(C(=O)NCC(F)(F)F)N(C)Cc1ccc(Cl)s1. The van der Waals surface area contributed by atoms with E-state index in [1.165, 1.54) is 11.3 Å². The Labute approximate surface area is 118 Å². The molecule has 3 nitrogen and oxygen atoms in total. The molecule has 0 aliphatic heterocycles. The highest BCUT2D eigenvalue weighted by atomic mass is 35.5. The maximum atomic E-state index is 12.0. The van der Waals surface area contributed by atoms with Gasteiger partial charge in [0.05, 0.1) is 10.4 Å². The number of likely N-dealkylation sites (N-methyl/N-ethyl adjacent to an activating group) is 1. The minimum absolute atomic E-state index is 0.456. The molecule has 1 N–H and O–H groups in total. The molecule has 0 radical (unpaired) electrons. The van der Waals surface area contributed by atoms with Crippen molar-refractivity contribution in [1.29, 1.82) is 0 Å². The third kappa shape index (κ3) is 5.80.